The highest BCUT2D eigenvalue weighted by molar-refractivity contribution is 9.10. The SMILES string of the molecule is CCCOC(C(=O)O)c1ccc(Cl)cc1Br. The highest BCUT2D eigenvalue weighted by Crippen LogP contribution is 2.29. The van der Waals surface area contributed by atoms with Gasteiger partial charge in [0.15, 0.2) is 6.10 Å². The van der Waals surface area contributed by atoms with Gasteiger partial charge in [-0.3, -0.25) is 0 Å². The van der Waals surface area contributed by atoms with E-state index in [4.69, 9.17) is 21.4 Å². The predicted octanol–water partition coefficient (Wildman–Crippen LogP) is 3.65. The molecule has 1 unspecified atom stereocenters. The fraction of sp³-hybridized carbons (Fsp3) is 0.364. The van der Waals surface area contributed by atoms with E-state index < -0.39 is 12.1 Å². The van der Waals surface area contributed by atoms with Gasteiger partial charge in [-0.05, 0) is 18.6 Å². The third-order valence-electron chi connectivity index (χ3n) is 1.96. The molecule has 1 aromatic carbocycles. The summed E-state index contributed by atoms with van der Waals surface area (Å²) in [6, 6.07) is 4.95. The molecule has 0 heterocycles. The molecule has 1 atom stereocenters. The number of ether oxygens (including phenoxy) is 1. The van der Waals surface area contributed by atoms with Crippen molar-refractivity contribution in [3.05, 3.63) is 33.3 Å². The molecular formula is C11H12BrClO3. The highest BCUT2D eigenvalue weighted by atomic mass is 79.9. The van der Waals surface area contributed by atoms with Crippen molar-refractivity contribution in [2.75, 3.05) is 6.61 Å². The van der Waals surface area contributed by atoms with Crippen LogP contribution in [0.4, 0.5) is 0 Å². The minimum absolute atomic E-state index is 0.409. The summed E-state index contributed by atoms with van der Waals surface area (Å²) in [5.41, 5.74) is 0.574. The van der Waals surface area contributed by atoms with Crippen LogP contribution in [0, 0.1) is 0 Å². The molecule has 0 aliphatic heterocycles. The Balaban J connectivity index is 2.96. The van der Waals surface area contributed by atoms with E-state index in [9.17, 15) is 4.79 Å². The molecule has 16 heavy (non-hydrogen) atoms. The largest absolute Gasteiger partial charge is 0.479 e. The maximum atomic E-state index is 11.1. The van der Waals surface area contributed by atoms with Gasteiger partial charge in [-0.2, -0.15) is 0 Å². The Kier molecular flexibility index (Phi) is 5.25. The minimum atomic E-state index is -1.00. The van der Waals surface area contributed by atoms with E-state index in [1.165, 1.54) is 0 Å². The van der Waals surface area contributed by atoms with Crippen molar-refractivity contribution in [3.8, 4) is 0 Å². The summed E-state index contributed by atoms with van der Waals surface area (Å²) in [4.78, 5) is 11.1. The van der Waals surface area contributed by atoms with Crippen molar-refractivity contribution in [3.63, 3.8) is 0 Å². The second-order valence-electron chi connectivity index (χ2n) is 3.25. The monoisotopic (exact) mass is 306 g/mol. The molecule has 0 radical (unpaired) electrons. The zero-order valence-electron chi connectivity index (χ0n) is 8.74. The first kappa shape index (κ1) is 13.5. The third kappa shape index (κ3) is 3.47. The van der Waals surface area contributed by atoms with Gasteiger partial charge in [-0.15, -0.1) is 0 Å². The topological polar surface area (TPSA) is 46.5 Å². The zero-order valence-corrected chi connectivity index (χ0v) is 11.1. The van der Waals surface area contributed by atoms with Crippen molar-refractivity contribution in [1.82, 2.24) is 0 Å². The Morgan fingerprint density at radius 1 is 1.62 bits per heavy atom. The summed E-state index contributed by atoms with van der Waals surface area (Å²) >= 11 is 9.07. The molecule has 0 amide bonds. The molecule has 1 rings (SSSR count). The van der Waals surface area contributed by atoms with Crippen molar-refractivity contribution >= 4 is 33.5 Å². The van der Waals surface area contributed by atoms with Gasteiger partial charge in [0, 0.05) is 21.7 Å². The van der Waals surface area contributed by atoms with E-state index in [0.717, 1.165) is 6.42 Å². The molecule has 1 N–H and O–H groups in total. The summed E-state index contributed by atoms with van der Waals surface area (Å²) in [6.45, 7) is 2.34. The van der Waals surface area contributed by atoms with Gasteiger partial charge in [0.25, 0.3) is 0 Å². The molecule has 5 heteroatoms. The van der Waals surface area contributed by atoms with Crippen molar-refractivity contribution < 1.29 is 14.6 Å². The highest BCUT2D eigenvalue weighted by Gasteiger charge is 2.22. The first-order valence-electron chi connectivity index (χ1n) is 4.85. The molecule has 3 nitrogen and oxygen atoms in total. The molecule has 0 aliphatic rings. The molecule has 0 spiro atoms. The Bertz CT molecular complexity index is 381. The summed E-state index contributed by atoms with van der Waals surface area (Å²) < 4.78 is 5.93. The molecule has 88 valence electrons. The molecule has 0 aromatic heterocycles. The number of halogens is 2. The van der Waals surface area contributed by atoms with E-state index in [0.29, 0.717) is 21.7 Å². The molecule has 0 aliphatic carbocycles. The quantitative estimate of drug-likeness (QED) is 0.903. The van der Waals surface area contributed by atoms with Crippen LogP contribution in [0.5, 0.6) is 0 Å². The summed E-state index contributed by atoms with van der Waals surface area (Å²) in [6.07, 6.45) is -0.179. The van der Waals surface area contributed by atoms with Gasteiger partial charge in [-0.25, -0.2) is 4.79 Å². The van der Waals surface area contributed by atoms with Crippen molar-refractivity contribution in [2.45, 2.75) is 19.4 Å². The van der Waals surface area contributed by atoms with Crippen LogP contribution < -0.4 is 0 Å². The maximum absolute atomic E-state index is 11.1. The van der Waals surface area contributed by atoms with Gasteiger partial charge < -0.3 is 9.84 Å². The van der Waals surface area contributed by atoms with Crippen molar-refractivity contribution in [2.24, 2.45) is 0 Å². The smallest absolute Gasteiger partial charge is 0.337 e. The second-order valence-corrected chi connectivity index (χ2v) is 4.55. The van der Waals surface area contributed by atoms with Gasteiger partial charge in [-0.1, -0.05) is 40.5 Å². The van der Waals surface area contributed by atoms with Gasteiger partial charge in [0.05, 0.1) is 0 Å². The summed E-state index contributed by atoms with van der Waals surface area (Å²) in [7, 11) is 0. The average molecular weight is 308 g/mol. The van der Waals surface area contributed by atoms with E-state index in [-0.39, 0.29) is 0 Å². The first-order valence-corrected chi connectivity index (χ1v) is 6.02. The molecule has 0 bridgehead atoms. The lowest BCUT2D eigenvalue weighted by Crippen LogP contribution is -2.16. The van der Waals surface area contributed by atoms with E-state index in [2.05, 4.69) is 15.9 Å². The number of carbonyl (C=O) groups is 1. The Hall–Kier alpha value is -0.580. The number of benzene rings is 1. The van der Waals surface area contributed by atoms with Crippen LogP contribution in [0.15, 0.2) is 22.7 Å². The van der Waals surface area contributed by atoms with E-state index >= 15 is 0 Å². The van der Waals surface area contributed by atoms with Crippen LogP contribution in [-0.4, -0.2) is 17.7 Å². The van der Waals surface area contributed by atoms with E-state index in [1.54, 1.807) is 18.2 Å². The molecular weight excluding hydrogens is 295 g/mol. The number of rotatable bonds is 5. The maximum Gasteiger partial charge on any atom is 0.337 e. The predicted molar refractivity (Wildman–Crippen MR) is 65.8 cm³/mol. The van der Waals surface area contributed by atoms with Gasteiger partial charge >= 0.3 is 5.97 Å². The fourth-order valence-corrected chi connectivity index (χ4v) is 2.13. The summed E-state index contributed by atoms with van der Waals surface area (Å²) in [5, 5.41) is 9.62. The Morgan fingerprint density at radius 3 is 2.81 bits per heavy atom. The van der Waals surface area contributed by atoms with Crippen LogP contribution in [0.25, 0.3) is 0 Å². The second kappa shape index (κ2) is 6.23. The first-order chi connectivity index (χ1) is 7.56. The van der Waals surface area contributed by atoms with E-state index in [1.807, 2.05) is 6.92 Å². The fourth-order valence-electron chi connectivity index (χ4n) is 1.24. The number of hydrogen-bond acceptors (Lipinski definition) is 2. The zero-order chi connectivity index (χ0) is 12.1. The third-order valence-corrected chi connectivity index (χ3v) is 2.88. The van der Waals surface area contributed by atoms with Crippen LogP contribution in [0.1, 0.15) is 25.0 Å². The lowest BCUT2D eigenvalue weighted by molar-refractivity contribution is -0.151. The number of carboxylic acids is 1. The van der Waals surface area contributed by atoms with Crippen LogP contribution >= 0.6 is 27.5 Å². The lowest BCUT2D eigenvalue weighted by Gasteiger charge is -2.15. The van der Waals surface area contributed by atoms with Gasteiger partial charge in [0.1, 0.15) is 0 Å². The Morgan fingerprint density at radius 2 is 2.31 bits per heavy atom. The standard InChI is InChI=1S/C11H12BrClO3/c1-2-5-16-10(11(14)15)8-4-3-7(13)6-9(8)12/h3-4,6,10H,2,5H2,1H3,(H,14,15). The van der Waals surface area contributed by atoms with Crippen LogP contribution in [0.2, 0.25) is 5.02 Å². The van der Waals surface area contributed by atoms with Gasteiger partial charge in [0.2, 0.25) is 0 Å². The lowest BCUT2D eigenvalue weighted by atomic mass is 10.1. The average Bonchev–Trinajstić information content (AvgIpc) is 2.20. The molecule has 1 aromatic rings. The number of aliphatic carboxylic acids is 1. The number of hydrogen-bond donors (Lipinski definition) is 1. The number of carboxylic acid groups (broad SMARTS) is 1. The molecule has 0 saturated carbocycles. The molecule has 0 saturated heterocycles. The van der Waals surface area contributed by atoms with Crippen LogP contribution in [0.3, 0.4) is 0 Å². The Labute approximate surface area is 107 Å². The minimum Gasteiger partial charge on any atom is -0.479 e. The molecule has 0 fully saturated rings. The van der Waals surface area contributed by atoms with Crippen LogP contribution in [-0.2, 0) is 9.53 Å². The van der Waals surface area contributed by atoms with Crippen molar-refractivity contribution in [1.29, 1.82) is 0 Å². The summed E-state index contributed by atoms with van der Waals surface area (Å²) in [5.74, 6) is -1.00. The normalized spacial score (nSPS) is 12.4.